The number of nitrogens with zero attached hydrogens (tertiary/aromatic N) is 5. The van der Waals surface area contributed by atoms with E-state index in [-0.39, 0.29) is 25.7 Å². The first kappa shape index (κ1) is 19.5. The van der Waals surface area contributed by atoms with Crippen LogP contribution in [0.5, 0.6) is 0 Å². The Balaban J connectivity index is 0.000000184. The Morgan fingerprint density at radius 1 is 0.923 bits per heavy atom. The average molecular weight is 528 g/mol. The molecule has 4 rings (SSSR count). The first-order valence-electron chi connectivity index (χ1n) is 7.24. The summed E-state index contributed by atoms with van der Waals surface area (Å²) in [6, 6.07) is 15.1. The van der Waals surface area contributed by atoms with E-state index in [1.807, 2.05) is 18.2 Å². The van der Waals surface area contributed by atoms with Gasteiger partial charge in [0.25, 0.3) is 0 Å². The van der Waals surface area contributed by atoms with E-state index in [2.05, 4.69) is 31.4 Å². The summed E-state index contributed by atoms with van der Waals surface area (Å²) >= 11 is 0. The summed E-state index contributed by atoms with van der Waals surface area (Å²) in [5.74, 6) is -1.29. The van der Waals surface area contributed by atoms with Crippen molar-refractivity contribution in [3.05, 3.63) is 84.8 Å². The SMILES string of the molecule is Fc1c[c-]c(-c2ccccn2)c(F)c1.[Ir].c1ccc(-c2cnn[n-]2)nc1. The van der Waals surface area contributed by atoms with Gasteiger partial charge in [-0.2, -0.15) is 0 Å². The van der Waals surface area contributed by atoms with Gasteiger partial charge in [-0.1, -0.05) is 36.0 Å². The summed E-state index contributed by atoms with van der Waals surface area (Å²) in [4.78, 5) is 8.02. The van der Waals surface area contributed by atoms with Crippen molar-refractivity contribution in [2.45, 2.75) is 0 Å². The summed E-state index contributed by atoms with van der Waals surface area (Å²) in [5, 5.41) is 10.8. The largest absolute Gasteiger partial charge is 0.358 e. The van der Waals surface area contributed by atoms with Gasteiger partial charge >= 0.3 is 0 Å². The second kappa shape index (κ2) is 9.60. The maximum Gasteiger partial charge on any atom is 0.0671 e. The van der Waals surface area contributed by atoms with Crippen molar-refractivity contribution >= 4 is 0 Å². The van der Waals surface area contributed by atoms with Gasteiger partial charge in [0.1, 0.15) is 0 Å². The molecule has 0 spiro atoms. The van der Waals surface area contributed by atoms with Crippen molar-refractivity contribution in [1.29, 1.82) is 0 Å². The van der Waals surface area contributed by atoms with Crippen molar-refractivity contribution < 1.29 is 28.9 Å². The minimum Gasteiger partial charge on any atom is -0.358 e. The van der Waals surface area contributed by atoms with Crippen molar-refractivity contribution in [3.63, 3.8) is 0 Å². The zero-order valence-electron chi connectivity index (χ0n) is 13.2. The van der Waals surface area contributed by atoms with Crippen LogP contribution in [0.25, 0.3) is 22.6 Å². The fraction of sp³-hybridized carbons (Fsp3) is 0. The van der Waals surface area contributed by atoms with Crippen LogP contribution >= 0.6 is 0 Å². The number of aromatic nitrogens is 5. The van der Waals surface area contributed by atoms with E-state index in [1.54, 1.807) is 36.8 Å². The van der Waals surface area contributed by atoms with E-state index in [1.165, 1.54) is 0 Å². The summed E-state index contributed by atoms with van der Waals surface area (Å²) in [5.41, 5.74) is 2.15. The number of halogens is 2. The molecule has 0 fully saturated rings. The van der Waals surface area contributed by atoms with Gasteiger partial charge in [-0.15, -0.1) is 12.1 Å². The smallest absolute Gasteiger partial charge is 0.0671 e. The number of rotatable bonds is 2. The molecular weight excluding hydrogens is 516 g/mol. The van der Waals surface area contributed by atoms with Crippen LogP contribution < -0.4 is 5.10 Å². The molecule has 0 bridgehead atoms. The van der Waals surface area contributed by atoms with Crippen molar-refractivity contribution in [2.75, 3.05) is 0 Å². The Morgan fingerprint density at radius 2 is 1.62 bits per heavy atom. The minimum atomic E-state index is -0.649. The van der Waals surface area contributed by atoms with E-state index in [0.29, 0.717) is 11.4 Å². The molecule has 26 heavy (non-hydrogen) atoms. The number of benzene rings is 1. The molecule has 3 aromatic heterocycles. The Morgan fingerprint density at radius 3 is 2.15 bits per heavy atom. The zero-order valence-corrected chi connectivity index (χ0v) is 15.6. The third-order valence-electron chi connectivity index (χ3n) is 3.09. The van der Waals surface area contributed by atoms with Crippen LogP contribution in [0.2, 0.25) is 0 Å². The van der Waals surface area contributed by atoms with Crippen LogP contribution in [0.3, 0.4) is 0 Å². The number of hydrogen-bond donors (Lipinski definition) is 0. The predicted molar refractivity (Wildman–Crippen MR) is 87.0 cm³/mol. The summed E-state index contributed by atoms with van der Waals surface area (Å²) < 4.78 is 25.8. The molecule has 0 N–H and O–H groups in total. The fourth-order valence-corrected chi connectivity index (χ4v) is 1.96. The van der Waals surface area contributed by atoms with Crippen molar-refractivity contribution in [1.82, 2.24) is 25.4 Å². The molecule has 0 aliphatic rings. The van der Waals surface area contributed by atoms with Crippen molar-refractivity contribution in [2.24, 2.45) is 0 Å². The topological polar surface area (TPSA) is 65.7 Å². The monoisotopic (exact) mass is 528 g/mol. The van der Waals surface area contributed by atoms with Gasteiger partial charge < -0.3 is 15.2 Å². The first-order valence-corrected chi connectivity index (χ1v) is 7.24. The average Bonchev–Trinajstić information content (AvgIpc) is 3.19. The van der Waals surface area contributed by atoms with Crippen LogP contribution in [0.4, 0.5) is 8.78 Å². The molecular formula is C18H11F2IrN5-2. The van der Waals surface area contributed by atoms with Crippen LogP contribution in [0, 0.1) is 17.7 Å². The van der Waals surface area contributed by atoms with E-state index < -0.39 is 11.6 Å². The summed E-state index contributed by atoms with van der Waals surface area (Å²) in [6.45, 7) is 0. The quantitative estimate of drug-likeness (QED) is 0.375. The molecule has 4 aromatic rings. The normalized spacial score (nSPS) is 9.62. The standard InChI is InChI=1S/C11H6F2N.C7H5N4.Ir/c12-8-4-5-9(10(13)7-8)11-3-1-2-6-14-11;1-2-4-8-6(3-1)7-5-9-11-10-7;/h1-4,6-7H;1-5H;/q2*-1;. The molecule has 1 aromatic carbocycles. The molecule has 133 valence electrons. The Bertz CT molecular complexity index is 919. The van der Waals surface area contributed by atoms with E-state index in [4.69, 9.17) is 0 Å². The molecule has 3 heterocycles. The van der Waals surface area contributed by atoms with Crippen LogP contribution in [-0.4, -0.2) is 20.3 Å². The van der Waals surface area contributed by atoms with Crippen LogP contribution in [-0.2, 0) is 20.1 Å². The molecule has 5 nitrogen and oxygen atoms in total. The molecule has 1 radical (unpaired) electrons. The van der Waals surface area contributed by atoms with Crippen LogP contribution in [0.15, 0.2) is 67.1 Å². The van der Waals surface area contributed by atoms with E-state index in [0.717, 1.165) is 17.8 Å². The van der Waals surface area contributed by atoms with Gasteiger partial charge in [0.15, 0.2) is 0 Å². The Kier molecular flexibility index (Phi) is 7.20. The predicted octanol–water partition coefficient (Wildman–Crippen LogP) is 3.32. The molecule has 0 amide bonds. The van der Waals surface area contributed by atoms with Gasteiger partial charge in [-0.3, -0.25) is 19.0 Å². The van der Waals surface area contributed by atoms with Gasteiger partial charge in [0.2, 0.25) is 0 Å². The van der Waals surface area contributed by atoms with Gasteiger partial charge in [-0.05, 0) is 29.6 Å². The molecule has 0 unspecified atom stereocenters. The third-order valence-corrected chi connectivity index (χ3v) is 3.09. The van der Waals surface area contributed by atoms with Crippen molar-refractivity contribution in [3.8, 4) is 22.6 Å². The Labute approximate surface area is 161 Å². The van der Waals surface area contributed by atoms with Gasteiger partial charge in [-0.25, -0.2) is 0 Å². The number of pyridine rings is 2. The summed E-state index contributed by atoms with van der Waals surface area (Å²) in [7, 11) is 0. The molecule has 0 saturated carbocycles. The molecule has 0 aliphatic carbocycles. The Hall–Kier alpha value is -2.83. The van der Waals surface area contributed by atoms with Gasteiger partial charge in [0.05, 0.1) is 5.69 Å². The maximum absolute atomic E-state index is 13.2. The van der Waals surface area contributed by atoms with E-state index >= 15 is 0 Å². The molecule has 8 heteroatoms. The molecule has 0 atom stereocenters. The second-order valence-electron chi connectivity index (χ2n) is 4.79. The van der Waals surface area contributed by atoms with Crippen LogP contribution in [0.1, 0.15) is 0 Å². The zero-order chi connectivity index (χ0) is 17.5. The first-order chi connectivity index (χ1) is 12.2. The van der Waals surface area contributed by atoms with Gasteiger partial charge in [0, 0.05) is 44.1 Å². The molecule has 0 saturated heterocycles. The number of hydrogen-bond acceptors (Lipinski definition) is 4. The maximum atomic E-state index is 13.2. The molecule has 0 aliphatic heterocycles. The van der Waals surface area contributed by atoms with E-state index in [9.17, 15) is 8.78 Å². The second-order valence-corrected chi connectivity index (χ2v) is 4.79. The third kappa shape index (κ3) is 5.08. The minimum absolute atomic E-state index is 0. The fourth-order valence-electron chi connectivity index (χ4n) is 1.96. The summed E-state index contributed by atoms with van der Waals surface area (Å²) in [6.07, 6.45) is 4.85.